The standard InChI is InChI=1S/C27H36ClN3S/c1-26(2)23(30-10-6-3-7-11-30)24(31(25(26)32)22-9-5-4-8-21(22)28)29-27-15-18-12-19(16-27)14-20(13-18)17-27/h4-5,8-9,18-20,23H,3,6-7,10-17H2,1-2H3/t18?,19?,20?,23-,27?/m1/s1. The number of nitrogens with zero attached hydrogens (tertiary/aromatic N) is 3. The maximum absolute atomic E-state index is 6.77. The number of piperidine rings is 1. The maximum atomic E-state index is 6.77. The summed E-state index contributed by atoms with van der Waals surface area (Å²) in [5.74, 6) is 3.84. The number of amidine groups is 1. The predicted molar refractivity (Wildman–Crippen MR) is 138 cm³/mol. The highest BCUT2D eigenvalue weighted by Crippen LogP contribution is 2.58. The number of likely N-dealkylation sites (tertiary alicyclic amines) is 1. The highest BCUT2D eigenvalue weighted by Gasteiger charge is 2.56. The Labute approximate surface area is 203 Å². The third kappa shape index (κ3) is 3.39. The first kappa shape index (κ1) is 21.6. The lowest BCUT2D eigenvalue weighted by Crippen LogP contribution is -2.53. The average molecular weight is 470 g/mol. The van der Waals surface area contributed by atoms with Gasteiger partial charge < -0.3 is 0 Å². The van der Waals surface area contributed by atoms with Crippen LogP contribution in [0.1, 0.15) is 71.6 Å². The average Bonchev–Trinajstić information content (AvgIpc) is 2.93. The first-order chi connectivity index (χ1) is 15.4. The van der Waals surface area contributed by atoms with Crippen molar-refractivity contribution in [1.29, 1.82) is 0 Å². The van der Waals surface area contributed by atoms with Crippen molar-refractivity contribution in [3.63, 3.8) is 0 Å². The zero-order valence-corrected chi connectivity index (χ0v) is 21.1. The van der Waals surface area contributed by atoms with Crippen LogP contribution in [0.3, 0.4) is 0 Å². The van der Waals surface area contributed by atoms with Gasteiger partial charge in [0.05, 0.1) is 27.3 Å². The smallest absolute Gasteiger partial charge is 0.128 e. The molecule has 4 saturated carbocycles. The number of benzene rings is 1. The van der Waals surface area contributed by atoms with Crippen LogP contribution in [0.25, 0.3) is 0 Å². The second-order valence-corrected chi connectivity index (χ2v) is 12.7. The number of hydrogen-bond acceptors (Lipinski definition) is 3. The Balaban J connectivity index is 1.49. The molecule has 2 heterocycles. The number of thiocarbonyl (C=S) groups is 1. The second-order valence-electron chi connectivity index (χ2n) is 11.9. The van der Waals surface area contributed by atoms with E-state index in [4.69, 9.17) is 28.8 Å². The Morgan fingerprint density at radius 2 is 1.53 bits per heavy atom. The highest BCUT2D eigenvalue weighted by molar-refractivity contribution is 7.80. The topological polar surface area (TPSA) is 18.8 Å². The third-order valence-corrected chi connectivity index (χ3v) is 10.1. The van der Waals surface area contributed by atoms with Crippen LogP contribution in [-0.2, 0) is 0 Å². The Morgan fingerprint density at radius 3 is 2.12 bits per heavy atom. The molecule has 0 spiro atoms. The van der Waals surface area contributed by atoms with E-state index < -0.39 is 0 Å². The summed E-state index contributed by atoms with van der Waals surface area (Å²) in [4.78, 5) is 11.8. The molecule has 7 rings (SSSR count). The van der Waals surface area contributed by atoms with Crippen LogP contribution in [0.5, 0.6) is 0 Å². The highest BCUT2D eigenvalue weighted by atomic mass is 35.5. The molecule has 0 unspecified atom stereocenters. The van der Waals surface area contributed by atoms with Gasteiger partial charge in [0.25, 0.3) is 0 Å². The lowest BCUT2D eigenvalue weighted by molar-refractivity contribution is 0.00114. The minimum atomic E-state index is -0.146. The lowest BCUT2D eigenvalue weighted by atomic mass is 9.53. The van der Waals surface area contributed by atoms with E-state index in [1.807, 2.05) is 12.1 Å². The first-order valence-electron chi connectivity index (χ1n) is 12.8. The normalized spacial score (nSPS) is 39.9. The van der Waals surface area contributed by atoms with Gasteiger partial charge in [0.15, 0.2) is 0 Å². The van der Waals surface area contributed by atoms with Crippen molar-refractivity contribution < 1.29 is 0 Å². The third-order valence-electron chi connectivity index (χ3n) is 9.12. The van der Waals surface area contributed by atoms with E-state index in [9.17, 15) is 0 Å². The van der Waals surface area contributed by atoms with E-state index in [2.05, 4.69) is 35.8 Å². The molecular weight excluding hydrogens is 434 g/mol. The molecule has 1 atom stereocenters. The molecule has 1 aromatic rings. The van der Waals surface area contributed by atoms with Crippen molar-refractivity contribution in [3.8, 4) is 0 Å². The fraction of sp³-hybridized carbons (Fsp3) is 0.704. The van der Waals surface area contributed by atoms with Gasteiger partial charge in [0.1, 0.15) is 5.84 Å². The summed E-state index contributed by atoms with van der Waals surface area (Å²) < 4.78 is 0. The molecule has 2 aliphatic heterocycles. The van der Waals surface area contributed by atoms with E-state index in [1.54, 1.807) is 0 Å². The van der Waals surface area contributed by atoms with Crippen molar-refractivity contribution in [3.05, 3.63) is 29.3 Å². The van der Waals surface area contributed by atoms with Crippen LogP contribution in [0, 0.1) is 23.2 Å². The molecule has 6 fully saturated rings. The predicted octanol–water partition coefficient (Wildman–Crippen LogP) is 6.74. The summed E-state index contributed by atoms with van der Waals surface area (Å²) >= 11 is 13.0. The van der Waals surface area contributed by atoms with E-state index in [0.29, 0.717) is 0 Å². The molecule has 0 aromatic heterocycles. The van der Waals surface area contributed by atoms with Crippen LogP contribution < -0.4 is 4.90 Å². The molecule has 0 N–H and O–H groups in total. The van der Waals surface area contributed by atoms with Crippen LogP contribution >= 0.6 is 23.8 Å². The molecule has 0 radical (unpaired) electrons. The summed E-state index contributed by atoms with van der Waals surface area (Å²) in [5.41, 5.74) is 0.982. The molecule has 2 saturated heterocycles. The Morgan fingerprint density at radius 1 is 0.938 bits per heavy atom. The first-order valence-corrected chi connectivity index (χ1v) is 13.6. The zero-order valence-electron chi connectivity index (χ0n) is 19.5. The SMILES string of the molecule is CC1(C)C(=S)N(c2ccccc2Cl)C(=NC23CC4CC(CC(C4)C2)C3)[C@H]1N1CCCCC1. The number of anilines is 1. The molecule has 4 bridgehead atoms. The fourth-order valence-corrected chi connectivity index (χ4v) is 8.70. The van der Waals surface area contributed by atoms with Crippen LogP contribution in [0.2, 0.25) is 5.02 Å². The number of para-hydroxylation sites is 1. The van der Waals surface area contributed by atoms with E-state index >= 15 is 0 Å². The summed E-state index contributed by atoms with van der Waals surface area (Å²) in [5, 5.41) is 0.767. The Kier molecular flexibility index (Phi) is 5.24. The van der Waals surface area contributed by atoms with Gasteiger partial charge in [-0.1, -0.05) is 56.2 Å². The lowest BCUT2D eigenvalue weighted by Gasteiger charge is -2.55. The molecule has 1 aromatic carbocycles. The Hall–Kier alpha value is -0.970. The monoisotopic (exact) mass is 469 g/mol. The molecule has 6 aliphatic rings. The number of rotatable bonds is 3. The molecule has 32 heavy (non-hydrogen) atoms. The zero-order chi connectivity index (χ0) is 22.1. The number of hydrogen-bond donors (Lipinski definition) is 0. The second kappa shape index (κ2) is 7.78. The quantitative estimate of drug-likeness (QED) is 0.457. The van der Waals surface area contributed by atoms with Crippen molar-refractivity contribution in [2.75, 3.05) is 18.0 Å². The molecule has 0 amide bonds. The summed E-state index contributed by atoms with van der Waals surface area (Å²) in [7, 11) is 0. The van der Waals surface area contributed by atoms with Crippen LogP contribution in [0.4, 0.5) is 5.69 Å². The van der Waals surface area contributed by atoms with E-state index in [0.717, 1.165) is 46.5 Å². The molecule has 4 aliphatic carbocycles. The maximum Gasteiger partial charge on any atom is 0.128 e. The van der Waals surface area contributed by atoms with Gasteiger partial charge >= 0.3 is 0 Å². The number of aliphatic imine (C=N–C) groups is 1. The summed E-state index contributed by atoms with van der Waals surface area (Å²) in [6.45, 7) is 6.96. The largest absolute Gasteiger partial charge is 0.293 e. The van der Waals surface area contributed by atoms with Crippen LogP contribution in [0.15, 0.2) is 29.3 Å². The summed E-state index contributed by atoms with van der Waals surface area (Å²) in [6, 6.07) is 8.43. The molecule has 3 nitrogen and oxygen atoms in total. The van der Waals surface area contributed by atoms with Gasteiger partial charge in [-0.3, -0.25) is 14.8 Å². The van der Waals surface area contributed by atoms with Gasteiger partial charge in [-0.05, 0) is 94.3 Å². The van der Waals surface area contributed by atoms with Crippen molar-refractivity contribution >= 4 is 40.3 Å². The van der Waals surface area contributed by atoms with Crippen molar-refractivity contribution in [2.24, 2.45) is 28.2 Å². The molecule has 172 valence electrons. The van der Waals surface area contributed by atoms with E-state index in [-0.39, 0.29) is 17.0 Å². The fourth-order valence-electron chi connectivity index (χ4n) is 8.17. The van der Waals surface area contributed by atoms with E-state index in [1.165, 1.54) is 63.6 Å². The number of halogens is 1. The minimum absolute atomic E-state index is 0.119. The van der Waals surface area contributed by atoms with Crippen LogP contribution in [-0.4, -0.2) is 40.4 Å². The van der Waals surface area contributed by atoms with Gasteiger partial charge in [-0.25, -0.2) is 0 Å². The van der Waals surface area contributed by atoms with Gasteiger partial charge in [0.2, 0.25) is 0 Å². The molecular formula is C27H36ClN3S. The molecule has 5 heteroatoms. The Bertz CT molecular complexity index is 913. The van der Waals surface area contributed by atoms with Crippen molar-refractivity contribution in [1.82, 2.24) is 4.90 Å². The van der Waals surface area contributed by atoms with Gasteiger partial charge in [0, 0.05) is 5.41 Å². The summed E-state index contributed by atoms with van der Waals surface area (Å²) in [6.07, 6.45) is 12.0. The van der Waals surface area contributed by atoms with Gasteiger partial charge in [-0.15, -0.1) is 0 Å². The van der Waals surface area contributed by atoms with Gasteiger partial charge in [-0.2, -0.15) is 0 Å². The minimum Gasteiger partial charge on any atom is -0.293 e. The van der Waals surface area contributed by atoms with Crippen molar-refractivity contribution in [2.45, 2.75) is 83.2 Å².